The van der Waals surface area contributed by atoms with E-state index >= 15 is 0 Å². The van der Waals surface area contributed by atoms with Crippen LogP contribution in [0.25, 0.3) is 10.9 Å². The van der Waals surface area contributed by atoms with Crippen molar-refractivity contribution in [2.75, 3.05) is 0 Å². The smallest absolute Gasteiger partial charge is 0.0648 e. The molecule has 0 spiro atoms. The normalized spacial score (nSPS) is 18.3. The molecule has 1 aromatic carbocycles. The molecule has 78 valence electrons. The molecule has 1 nitrogen and oxygen atoms in total. The zero-order chi connectivity index (χ0) is 10.6. The quantitative estimate of drug-likeness (QED) is 0.688. The van der Waals surface area contributed by atoms with Crippen LogP contribution < -0.4 is 0 Å². The van der Waals surface area contributed by atoms with E-state index in [1.807, 2.05) is 12.1 Å². The Morgan fingerprint density at radius 1 is 1.33 bits per heavy atom. The first-order chi connectivity index (χ1) is 7.09. The lowest BCUT2D eigenvalue weighted by Crippen LogP contribution is -2.12. The van der Waals surface area contributed by atoms with Gasteiger partial charge in [-0.3, -0.25) is 0 Å². The second kappa shape index (κ2) is 2.79. The van der Waals surface area contributed by atoms with Crippen molar-refractivity contribution >= 4 is 22.5 Å². The van der Waals surface area contributed by atoms with Gasteiger partial charge in [0, 0.05) is 16.5 Å². The average molecular weight is 220 g/mol. The molecule has 0 bridgehead atoms. The number of rotatable bonds is 0. The molecule has 1 aliphatic rings. The number of hydrogen-bond acceptors (Lipinski definition) is 0. The summed E-state index contributed by atoms with van der Waals surface area (Å²) < 4.78 is 0. The summed E-state index contributed by atoms with van der Waals surface area (Å²) >= 11 is 6.19. The van der Waals surface area contributed by atoms with Gasteiger partial charge < -0.3 is 4.98 Å². The molecule has 0 amide bonds. The first kappa shape index (κ1) is 9.29. The Hall–Kier alpha value is -0.950. The largest absolute Gasteiger partial charge is 0.356 e. The number of aromatic amines is 1. The molecule has 0 radical (unpaired) electrons. The lowest BCUT2D eigenvalue weighted by atomic mass is 9.91. The molecule has 0 saturated carbocycles. The van der Waals surface area contributed by atoms with E-state index in [0.29, 0.717) is 0 Å². The van der Waals surface area contributed by atoms with Crippen molar-refractivity contribution < 1.29 is 0 Å². The van der Waals surface area contributed by atoms with Crippen molar-refractivity contribution in [3.63, 3.8) is 0 Å². The molecule has 2 heteroatoms. The van der Waals surface area contributed by atoms with Crippen molar-refractivity contribution in [1.29, 1.82) is 0 Å². The van der Waals surface area contributed by atoms with Crippen molar-refractivity contribution in [3.8, 4) is 0 Å². The number of hydrogen-bond donors (Lipinski definition) is 1. The monoisotopic (exact) mass is 219 g/mol. The molecule has 0 fully saturated rings. The first-order valence-corrected chi connectivity index (χ1v) is 5.77. The summed E-state index contributed by atoms with van der Waals surface area (Å²) in [6.07, 6.45) is 2.40. The topological polar surface area (TPSA) is 15.8 Å². The molecule has 0 atom stereocenters. The predicted molar refractivity (Wildman–Crippen MR) is 64.7 cm³/mol. The SMILES string of the molecule is CC1(C)CCc2c1[nH]c1c(Cl)cccc21. The second-order valence-electron chi connectivity index (χ2n) is 5.02. The van der Waals surface area contributed by atoms with Crippen molar-refractivity contribution in [3.05, 3.63) is 34.5 Å². The number of nitrogens with one attached hydrogen (secondary N) is 1. The van der Waals surface area contributed by atoms with Crippen LogP contribution in [-0.4, -0.2) is 4.98 Å². The maximum Gasteiger partial charge on any atom is 0.0648 e. The molecule has 1 N–H and O–H groups in total. The fourth-order valence-corrected chi connectivity index (χ4v) is 2.86. The van der Waals surface area contributed by atoms with E-state index in [1.165, 1.54) is 29.5 Å². The molecule has 0 saturated heterocycles. The summed E-state index contributed by atoms with van der Waals surface area (Å²) in [6, 6.07) is 6.14. The number of halogens is 1. The Kier molecular flexibility index (Phi) is 1.73. The van der Waals surface area contributed by atoms with Gasteiger partial charge in [0.15, 0.2) is 0 Å². The standard InChI is InChI=1S/C13H14ClN/c1-13(2)7-6-9-8-4-3-5-10(14)11(8)15-12(9)13/h3-5,15H,6-7H2,1-2H3. The highest BCUT2D eigenvalue weighted by Gasteiger charge is 2.33. The van der Waals surface area contributed by atoms with Gasteiger partial charge in [0.25, 0.3) is 0 Å². The number of para-hydroxylation sites is 1. The highest BCUT2D eigenvalue weighted by Crippen LogP contribution is 2.42. The molecule has 15 heavy (non-hydrogen) atoms. The molecule has 3 rings (SSSR count). The van der Waals surface area contributed by atoms with Gasteiger partial charge in [-0.05, 0) is 24.5 Å². The molecular formula is C13H14ClN. The van der Waals surface area contributed by atoms with Gasteiger partial charge in [-0.1, -0.05) is 37.6 Å². The van der Waals surface area contributed by atoms with Gasteiger partial charge in [-0.25, -0.2) is 0 Å². The number of fused-ring (bicyclic) bond motifs is 3. The summed E-state index contributed by atoms with van der Waals surface area (Å²) in [6.45, 7) is 4.59. The Bertz CT molecular complexity index is 537. The Morgan fingerprint density at radius 3 is 2.93 bits per heavy atom. The van der Waals surface area contributed by atoms with E-state index in [-0.39, 0.29) is 5.41 Å². The van der Waals surface area contributed by atoms with Crippen molar-refractivity contribution in [1.82, 2.24) is 4.98 Å². The fraction of sp³-hybridized carbons (Fsp3) is 0.385. The van der Waals surface area contributed by atoms with Gasteiger partial charge in [0.2, 0.25) is 0 Å². The van der Waals surface area contributed by atoms with E-state index in [4.69, 9.17) is 11.6 Å². The lowest BCUT2D eigenvalue weighted by Gasteiger charge is -2.16. The summed E-state index contributed by atoms with van der Waals surface area (Å²) in [5, 5.41) is 2.14. The first-order valence-electron chi connectivity index (χ1n) is 5.39. The molecule has 2 aromatic rings. The zero-order valence-electron chi connectivity index (χ0n) is 9.02. The molecule has 1 heterocycles. The summed E-state index contributed by atoms with van der Waals surface area (Å²) in [5.41, 5.74) is 4.23. The van der Waals surface area contributed by atoms with Crippen LogP contribution in [0.2, 0.25) is 5.02 Å². The van der Waals surface area contributed by atoms with Gasteiger partial charge in [-0.2, -0.15) is 0 Å². The summed E-state index contributed by atoms with van der Waals surface area (Å²) in [7, 11) is 0. The lowest BCUT2D eigenvalue weighted by molar-refractivity contribution is 0.510. The number of benzene rings is 1. The van der Waals surface area contributed by atoms with Crippen LogP contribution in [0.5, 0.6) is 0 Å². The van der Waals surface area contributed by atoms with Crippen LogP contribution in [0.15, 0.2) is 18.2 Å². The third-order valence-corrected chi connectivity index (χ3v) is 3.88. The minimum absolute atomic E-state index is 0.275. The van der Waals surface area contributed by atoms with Gasteiger partial charge in [0.1, 0.15) is 0 Å². The Labute approximate surface area is 94.4 Å². The molecule has 0 aliphatic heterocycles. The van der Waals surface area contributed by atoms with Crippen LogP contribution >= 0.6 is 11.6 Å². The molecular weight excluding hydrogens is 206 g/mol. The molecule has 0 unspecified atom stereocenters. The summed E-state index contributed by atoms with van der Waals surface area (Å²) in [4.78, 5) is 3.50. The Balaban J connectivity index is 2.39. The van der Waals surface area contributed by atoms with E-state index in [0.717, 1.165) is 10.5 Å². The maximum atomic E-state index is 6.19. The van der Waals surface area contributed by atoms with Crippen molar-refractivity contribution in [2.24, 2.45) is 0 Å². The van der Waals surface area contributed by atoms with Crippen LogP contribution in [0, 0.1) is 0 Å². The third kappa shape index (κ3) is 1.16. The number of aromatic nitrogens is 1. The average Bonchev–Trinajstić information content (AvgIpc) is 2.67. The highest BCUT2D eigenvalue weighted by molar-refractivity contribution is 6.35. The van der Waals surface area contributed by atoms with Gasteiger partial charge >= 0.3 is 0 Å². The van der Waals surface area contributed by atoms with Crippen LogP contribution in [0.4, 0.5) is 0 Å². The van der Waals surface area contributed by atoms with E-state index in [1.54, 1.807) is 0 Å². The molecule has 1 aromatic heterocycles. The molecule has 1 aliphatic carbocycles. The Morgan fingerprint density at radius 2 is 2.13 bits per heavy atom. The fourth-order valence-electron chi connectivity index (χ4n) is 2.64. The second-order valence-corrected chi connectivity index (χ2v) is 5.43. The van der Waals surface area contributed by atoms with Gasteiger partial charge in [-0.15, -0.1) is 0 Å². The van der Waals surface area contributed by atoms with Crippen molar-refractivity contribution in [2.45, 2.75) is 32.1 Å². The highest BCUT2D eigenvalue weighted by atomic mass is 35.5. The van der Waals surface area contributed by atoms with Crippen LogP contribution in [-0.2, 0) is 11.8 Å². The maximum absolute atomic E-state index is 6.19. The minimum Gasteiger partial charge on any atom is -0.356 e. The summed E-state index contributed by atoms with van der Waals surface area (Å²) in [5.74, 6) is 0. The van der Waals surface area contributed by atoms with E-state index in [2.05, 4.69) is 24.9 Å². The van der Waals surface area contributed by atoms with Gasteiger partial charge in [0.05, 0.1) is 10.5 Å². The van der Waals surface area contributed by atoms with Crippen LogP contribution in [0.1, 0.15) is 31.5 Å². The third-order valence-electron chi connectivity index (χ3n) is 3.57. The zero-order valence-corrected chi connectivity index (χ0v) is 9.78. The van der Waals surface area contributed by atoms with Crippen LogP contribution in [0.3, 0.4) is 0 Å². The number of H-pyrrole nitrogens is 1. The van der Waals surface area contributed by atoms with E-state index in [9.17, 15) is 0 Å². The van der Waals surface area contributed by atoms with E-state index < -0.39 is 0 Å². The minimum atomic E-state index is 0.275. The number of aryl methyl sites for hydroxylation is 1. The predicted octanol–water partition coefficient (Wildman–Crippen LogP) is 4.05.